The maximum absolute atomic E-state index is 13.1. The van der Waals surface area contributed by atoms with Gasteiger partial charge in [-0.05, 0) is 41.1 Å². The van der Waals surface area contributed by atoms with Crippen LogP contribution in [0.25, 0.3) is 0 Å². The Kier molecular flexibility index (Phi) is 2.70. The minimum Gasteiger partial charge on any atom is -0.508 e. The third-order valence-corrected chi connectivity index (χ3v) is 2.36. The molecule has 0 amide bonds. The predicted octanol–water partition coefficient (Wildman–Crippen LogP) is 2.70. The summed E-state index contributed by atoms with van der Waals surface area (Å²) in [4.78, 5) is 0. The molecule has 11 heavy (non-hydrogen) atoms. The van der Waals surface area contributed by atoms with Crippen molar-refractivity contribution in [3.63, 3.8) is 0 Å². The van der Waals surface area contributed by atoms with Crippen LogP contribution in [0.2, 0.25) is 0 Å². The molecule has 0 radical (unpaired) electrons. The van der Waals surface area contributed by atoms with Gasteiger partial charge in [0.15, 0.2) is 0 Å². The third kappa shape index (κ3) is 1.64. The van der Waals surface area contributed by atoms with Gasteiger partial charge in [-0.1, -0.05) is 6.92 Å². The lowest BCUT2D eigenvalue weighted by molar-refractivity contribution is 0.459. The van der Waals surface area contributed by atoms with E-state index in [4.69, 9.17) is 0 Å². The Balaban J connectivity index is 3.29. The molecule has 0 aliphatic rings. The molecule has 60 valence electrons. The van der Waals surface area contributed by atoms with Gasteiger partial charge >= 0.3 is 0 Å². The van der Waals surface area contributed by atoms with Gasteiger partial charge in [0.1, 0.15) is 11.6 Å². The molecule has 1 aromatic rings. The van der Waals surface area contributed by atoms with Crippen LogP contribution in [0.15, 0.2) is 12.1 Å². The zero-order valence-electron chi connectivity index (χ0n) is 6.06. The molecule has 0 atom stereocenters. The number of phenolic OH excluding ortho intramolecular Hbond substituents is 1. The van der Waals surface area contributed by atoms with E-state index >= 15 is 0 Å². The fourth-order valence-electron chi connectivity index (χ4n) is 0.919. The van der Waals surface area contributed by atoms with Crippen molar-refractivity contribution in [2.24, 2.45) is 0 Å². The van der Waals surface area contributed by atoms with Crippen molar-refractivity contribution in [2.45, 2.75) is 13.3 Å². The van der Waals surface area contributed by atoms with Crippen molar-refractivity contribution in [3.05, 3.63) is 27.1 Å². The van der Waals surface area contributed by atoms with Crippen LogP contribution in [0, 0.1) is 9.39 Å². The van der Waals surface area contributed by atoms with Crippen molar-refractivity contribution >= 4 is 22.6 Å². The van der Waals surface area contributed by atoms with E-state index in [9.17, 15) is 9.50 Å². The predicted molar refractivity (Wildman–Crippen MR) is 50.2 cm³/mol. The fraction of sp³-hybridized carbons (Fsp3) is 0.250. The first-order chi connectivity index (χ1) is 5.16. The first kappa shape index (κ1) is 8.77. The number of benzene rings is 1. The number of aromatic hydroxyl groups is 1. The minimum absolute atomic E-state index is 0.0467. The second-order valence-electron chi connectivity index (χ2n) is 2.21. The Morgan fingerprint density at radius 1 is 1.55 bits per heavy atom. The van der Waals surface area contributed by atoms with Crippen molar-refractivity contribution in [1.82, 2.24) is 0 Å². The van der Waals surface area contributed by atoms with Gasteiger partial charge in [0.2, 0.25) is 0 Å². The normalized spacial score (nSPS) is 10.1. The molecule has 0 aliphatic carbocycles. The standard InChI is InChI=1S/C8H8FIO/c1-2-5-7(11)4-3-6(10)8(5)9/h3-4,11H,2H2,1H3. The first-order valence-electron chi connectivity index (χ1n) is 3.32. The summed E-state index contributed by atoms with van der Waals surface area (Å²) in [6, 6.07) is 3.08. The van der Waals surface area contributed by atoms with Crippen molar-refractivity contribution < 1.29 is 9.50 Å². The van der Waals surface area contributed by atoms with E-state index in [2.05, 4.69) is 0 Å². The van der Waals surface area contributed by atoms with Gasteiger partial charge < -0.3 is 5.11 Å². The molecule has 1 aromatic carbocycles. The van der Waals surface area contributed by atoms with Crippen LogP contribution in [0.5, 0.6) is 5.75 Å². The van der Waals surface area contributed by atoms with Gasteiger partial charge in [-0.25, -0.2) is 4.39 Å². The number of hydrogen-bond acceptors (Lipinski definition) is 1. The summed E-state index contributed by atoms with van der Waals surface area (Å²) in [6.45, 7) is 1.81. The van der Waals surface area contributed by atoms with Crippen LogP contribution < -0.4 is 0 Å². The highest BCUT2D eigenvalue weighted by Crippen LogP contribution is 2.24. The lowest BCUT2D eigenvalue weighted by Crippen LogP contribution is -1.91. The molecule has 0 aliphatic heterocycles. The molecule has 0 bridgehead atoms. The zero-order chi connectivity index (χ0) is 8.43. The average molecular weight is 266 g/mol. The van der Waals surface area contributed by atoms with Crippen LogP contribution >= 0.6 is 22.6 Å². The summed E-state index contributed by atoms with van der Waals surface area (Å²) in [5, 5.41) is 9.17. The van der Waals surface area contributed by atoms with E-state index in [-0.39, 0.29) is 11.6 Å². The van der Waals surface area contributed by atoms with Gasteiger partial charge in [0, 0.05) is 9.13 Å². The lowest BCUT2D eigenvalue weighted by Gasteiger charge is -2.03. The quantitative estimate of drug-likeness (QED) is 0.775. The topological polar surface area (TPSA) is 20.2 Å². The fourth-order valence-corrected chi connectivity index (χ4v) is 1.42. The summed E-state index contributed by atoms with van der Waals surface area (Å²) < 4.78 is 13.6. The number of rotatable bonds is 1. The van der Waals surface area contributed by atoms with Crippen molar-refractivity contribution in [2.75, 3.05) is 0 Å². The van der Waals surface area contributed by atoms with E-state index in [0.717, 1.165) is 0 Å². The maximum Gasteiger partial charge on any atom is 0.143 e. The van der Waals surface area contributed by atoms with Crippen molar-refractivity contribution in [1.29, 1.82) is 0 Å². The van der Waals surface area contributed by atoms with Crippen LogP contribution in [0.3, 0.4) is 0 Å². The Morgan fingerprint density at radius 3 is 2.64 bits per heavy atom. The second-order valence-corrected chi connectivity index (χ2v) is 3.37. The zero-order valence-corrected chi connectivity index (χ0v) is 8.22. The van der Waals surface area contributed by atoms with Gasteiger partial charge in [-0.3, -0.25) is 0 Å². The highest BCUT2D eigenvalue weighted by atomic mass is 127. The summed E-state index contributed by atoms with van der Waals surface area (Å²) in [7, 11) is 0. The summed E-state index contributed by atoms with van der Waals surface area (Å²) in [5.41, 5.74) is 0.400. The van der Waals surface area contributed by atoms with E-state index < -0.39 is 0 Å². The Hall–Kier alpha value is -0.320. The summed E-state index contributed by atoms with van der Waals surface area (Å²) in [6.07, 6.45) is 0.522. The Morgan fingerprint density at radius 2 is 2.18 bits per heavy atom. The molecule has 1 N–H and O–H groups in total. The van der Waals surface area contributed by atoms with Gasteiger partial charge in [0.05, 0.1) is 0 Å². The van der Waals surface area contributed by atoms with Crippen LogP contribution in [0.1, 0.15) is 12.5 Å². The third-order valence-electron chi connectivity index (χ3n) is 1.52. The maximum atomic E-state index is 13.1. The highest BCUT2D eigenvalue weighted by molar-refractivity contribution is 14.1. The number of halogens is 2. The largest absolute Gasteiger partial charge is 0.508 e. The van der Waals surface area contributed by atoms with Crippen molar-refractivity contribution in [3.8, 4) is 5.75 Å². The molecule has 1 rings (SSSR count). The van der Waals surface area contributed by atoms with E-state index in [0.29, 0.717) is 15.6 Å². The summed E-state index contributed by atoms with van der Waals surface area (Å²) in [5.74, 6) is -0.251. The molecule has 0 saturated carbocycles. The molecule has 3 heteroatoms. The van der Waals surface area contributed by atoms with Crippen LogP contribution in [-0.2, 0) is 6.42 Å². The highest BCUT2D eigenvalue weighted by Gasteiger charge is 2.08. The number of hydrogen-bond donors (Lipinski definition) is 1. The Labute approximate surface area is 78.4 Å². The molecule has 1 nitrogen and oxygen atoms in total. The molecular formula is C8H8FIO. The SMILES string of the molecule is CCc1c(O)ccc(I)c1F. The van der Waals surface area contributed by atoms with Crippen LogP contribution in [-0.4, -0.2) is 5.11 Å². The van der Waals surface area contributed by atoms with Crippen LogP contribution in [0.4, 0.5) is 4.39 Å². The van der Waals surface area contributed by atoms with E-state index in [1.54, 1.807) is 6.07 Å². The van der Waals surface area contributed by atoms with E-state index in [1.165, 1.54) is 6.07 Å². The smallest absolute Gasteiger partial charge is 0.143 e. The van der Waals surface area contributed by atoms with Gasteiger partial charge in [0.25, 0.3) is 0 Å². The molecule has 0 fully saturated rings. The Bertz CT molecular complexity index is 273. The first-order valence-corrected chi connectivity index (χ1v) is 4.40. The van der Waals surface area contributed by atoms with Gasteiger partial charge in [-0.15, -0.1) is 0 Å². The monoisotopic (exact) mass is 266 g/mol. The summed E-state index contributed by atoms with van der Waals surface area (Å²) >= 11 is 1.90. The molecule has 0 heterocycles. The minimum atomic E-state index is -0.298. The molecular weight excluding hydrogens is 258 g/mol. The molecule has 0 unspecified atom stereocenters. The molecule has 0 spiro atoms. The average Bonchev–Trinajstić information content (AvgIpc) is 1.99. The van der Waals surface area contributed by atoms with E-state index in [1.807, 2.05) is 29.5 Å². The van der Waals surface area contributed by atoms with Gasteiger partial charge in [-0.2, -0.15) is 0 Å². The molecule has 0 saturated heterocycles. The second kappa shape index (κ2) is 3.38. The number of phenols is 1. The molecule has 0 aromatic heterocycles. The lowest BCUT2D eigenvalue weighted by atomic mass is 10.1.